The number of nitrogens with zero attached hydrogens (tertiary/aromatic N) is 2. The lowest BCUT2D eigenvalue weighted by molar-refractivity contribution is 0.581. The highest BCUT2D eigenvalue weighted by Gasteiger charge is 2.10. The van der Waals surface area contributed by atoms with Crippen LogP contribution in [0.2, 0.25) is 0 Å². The number of hydrogen-bond donors (Lipinski definition) is 2. The summed E-state index contributed by atoms with van der Waals surface area (Å²) in [7, 11) is -1.23. The van der Waals surface area contributed by atoms with Crippen molar-refractivity contribution in [1.29, 1.82) is 0 Å². The summed E-state index contributed by atoms with van der Waals surface area (Å²) in [5.41, 5.74) is 1.03. The third-order valence-corrected chi connectivity index (χ3v) is 4.99. The maximum atomic E-state index is 11.2. The molecule has 0 spiro atoms. The average Bonchev–Trinajstić information content (AvgIpc) is 2.69. The van der Waals surface area contributed by atoms with Crippen molar-refractivity contribution in [3.8, 4) is 0 Å². The Labute approximate surface area is 154 Å². The Morgan fingerprint density at radius 2 is 2.05 bits per heavy atom. The van der Waals surface area contributed by atoms with Crippen LogP contribution in [0, 0.1) is 13.8 Å². The van der Waals surface area contributed by atoms with Crippen LogP contribution in [0.15, 0.2) is 4.99 Å². The molecule has 22 heavy (non-hydrogen) atoms. The number of aryl methyl sites for hydroxylation is 2. The number of hydrogen-bond acceptors (Lipinski definition) is 5. The van der Waals surface area contributed by atoms with Gasteiger partial charge in [0, 0.05) is 24.2 Å². The summed E-state index contributed by atoms with van der Waals surface area (Å²) in [6, 6.07) is 0.0372. The molecule has 1 rings (SSSR count). The summed E-state index contributed by atoms with van der Waals surface area (Å²) in [6.07, 6.45) is 1.81. The SMILES string of the molecule is CN=C(NCc1sc(C)nc1C)NC(C)CCS(C)(=O)=O.I. The van der Waals surface area contributed by atoms with E-state index >= 15 is 0 Å². The van der Waals surface area contributed by atoms with Gasteiger partial charge in [0.1, 0.15) is 9.84 Å². The number of aliphatic imine (C=N–C) groups is 1. The van der Waals surface area contributed by atoms with Crippen LogP contribution in [0.25, 0.3) is 0 Å². The van der Waals surface area contributed by atoms with E-state index in [9.17, 15) is 8.42 Å². The number of halogens is 1. The predicted molar refractivity (Wildman–Crippen MR) is 104 cm³/mol. The van der Waals surface area contributed by atoms with E-state index in [2.05, 4.69) is 20.6 Å². The summed E-state index contributed by atoms with van der Waals surface area (Å²) >= 11 is 1.66. The minimum Gasteiger partial charge on any atom is -0.354 e. The van der Waals surface area contributed by atoms with Crippen LogP contribution >= 0.6 is 35.3 Å². The molecule has 1 aromatic heterocycles. The first-order valence-corrected chi connectivity index (χ1v) is 9.66. The van der Waals surface area contributed by atoms with Gasteiger partial charge in [0.25, 0.3) is 0 Å². The molecule has 0 amide bonds. The van der Waals surface area contributed by atoms with Crippen LogP contribution < -0.4 is 10.6 Å². The standard InChI is InChI=1S/C13H24N4O2S2.HI/c1-9(6-7-21(5,18)19)16-13(14-4)15-8-12-10(2)17-11(3)20-12;/h9H,6-8H2,1-5H3,(H2,14,15,16);1H. The van der Waals surface area contributed by atoms with Crippen LogP contribution in [0.4, 0.5) is 0 Å². The van der Waals surface area contributed by atoms with Crippen molar-refractivity contribution in [1.82, 2.24) is 15.6 Å². The summed E-state index contributed by atoms with van der Waals surface area (Å²) in [5.74, 6) is 0.840. The Kier molecular flexibility index (Phi) is 9.47. The van der Waals surface area contributed by atoms with Gasteiger partial charge in [-0.05, 0) is 27.2 Å². The zero-order valence-electron chi connectivity index (χ0n) is 13.6. The Morgan fingerprint density at radius 1 is 1.41 bits per heavy atom. The van der Waals surface area contributed by atoms with Crippen molar-refractivity contribution in [2.75, 3.05) is 19.1 Å². The fourth-order valence-corrected chi connectivity index (χ4v) is 3.45. The van der Waals surface area contributed by atoms with Gasteiger partial charge in [0.15, 0.2) is 5.96 Å². The Balaban J connectivity index is 0.00000441. The third kappa shape index (κ3) is 8.28. The highest BCUT2D eigenvalue weighted by Crippen LogP contribution is 2.16. The number of thiazole rings is 1. The molecule has 2 N–H and O–H groups in total. The van der Waals surface area contributed by atoms with E-state index in [-0.39, 0.29) is 35.8 Å². The van der Waals surface area contributed by atoms with Gasteiger partial charge in [-0.25, -0.2) is 13.4 Å². The zero-order chi connectivity index (χ0) is 16.0. The van der Waals surface area contributed by atoms with Gasteiger partial charge in [0.05, 0.1) is 23.0 Å². The highest BCUT2D eigenvalue weighted by atomic mass is 127. The first-order valence-electron chi connectivity index (χ1n) is 6.79. The lowest BCUT2D eigenvalue weighted by Gasteiger charge is -2.17. The average molecular weight is 460 g/mol. The lowest BCUT2D eigenvalue weighted by atomic mass is 10.3. The molecule has 0 bridgehead atoms. The summed E-state index contributed by atoms with van der Waals surface area (Å²) in [5, 5.41) is 7.47. The Bertz CT molecular complexity index is 599. The van der Waals surface area contributed by atoms with Crippen LogP contribution in [0.3, 0.4) is 0 Å². The molecule has 1 unspecified atom stereocenters. The molecule has 0 saturated heterocycles. The van der Waals surface area contributed by atoms with Crippen LogP contribution in [0.5, 0.6) is 0 Å². The molecule has 0 aliphatic heterocycles. The number of guanidine groups is 1. The summed E-state index contributed by atoms with van der Waals surface area (Å²) in [4.78, 5) is 9.72. The third-order valence-electron chi connectivity index (χ3n) is 2.94. The normalized spacial score (nSPS) is 13.4. The van der Waals surface area contributed by atoms with Crippen LogP contribution in [-0.2, 0) is 16.4 Å². The fraction of sp³-hybridized carbons (Fsp3) is 0.692. The molecule has 128 valence electrons. The molecule has 0 radical (unpaired) electrons. The van der Waals surface area contributed by atoms with Gasteiger partial charge in [-0.2, -0.15) is 0 Å². The Hall–Kier alpha value is -0.420. The molecular weight excluding hydrogens is 435 g/mol. The van der Waals surface area contributed by atoms with E-state index in [0.717, 1.165) is 10.7 Å². The molecule has 6 nitrogen and oxygen atoms in total. The van der Waals surface area contributed by atoms with Gasteiger partial charge in [0.2, 0.25) is 0 Å². The molecule has 0 saturated carbocycles. The quantitative estimate of drug-likeness (QED) is 0.385. The maximum Gasteiger partial charge on any atom is 0.191 e. The summed E-state index contributed by atoms with van der Waals surface area (Å²) in [6.45, 7) is 6.59. The lowest BCUT2D eigenvalue weighted by Crippen LogP contribution is -2.42. The molecule has 9 heteroatoms. The second-order valence-corrected chi connectivity index (χ2v) is 8.68. The van der Waals surface area contributed by atoms with E-state index in [1.807, 2.05) is 20.8 Å². The van der Waals surface area contributed by atoms with E-state index in [1.54, 1.807) is 18.4 Å². The molecule has 0 aromatic carbocycles. The van der Waals surface area contributed by atoms with Crippen molar-refractivity contribution in [3.63, 3.8) is 0 Å². The highest BCUT2D eigenvalue weighted by molar-refractivity contribution is 14.0. The number of aromatic nitrogens is 1. The van der Waals surface area contributed by atoms with Gasteiger partial charge in [-0.3, -0.25) is 4.99 Å². The minimum atomic E-state index is -2.93. The van der Waals surface area contributed by atoms with E-state index in [4.69, 9.17) is 0 Å². The van der Waals surface area contributed by atoms with Crippen molar-refractivity contribution in [2.45, 2.75) is 39.8 Å². The van der Waals surface area contributed by atoms with E-state index in [0.29, 0.717) is 18.9 Å². The fourth-order valence-electron chi connectivity index (χ4n) is 1.79. The van der Waals surface area contributed by atoms with Crippen molar-refractivity contribution >= 4 is 51.1 Å². The zero-order valence-corrected chi connectivity index (χ0v) is 17.6. The molecule has 1 atom stereocenters. The van der Waals surface area contributed by atoms with Gasteiger partial charge in [-0.15, -0.1) is 35.3 Å². The maximum absolute atomic E-state index is 11.2. The second kappa shape index (κ2) is 9.66. The van der Waals surface area contributed by atoms with Crippen LogP contribution in [0.1, 0.15) is 28.9 Å². The number of rotatable bonds is 6. The Morgan fingerprint density at radius 3 is 2.50 bits per heavy atom. The minimum absolute atomic E-state index is 0. The van der Waals surface area contributed by atoms with Gasteiger partial charge in [-0.1, -0.05) is 0 Å². The topological polar surface area (TPSA) is 83.4 Å². The smallest absolute Gasteiger partial charge is 0.191 e. The van der Waals surface area contributed by atoms with Crippen molar-refractivity contribution < 1.29 is 8.42 Å². The van der Waals surface area contributed by atoms with Crippen molar-refractivity contribution in [3.05, 3.63) is 15.6 Å². The monoisotopic (exact) mass is 460 g/mol. The first-order chi connectivity index (χ1) is 9.71. The summed E-state index contributed by atoms with van der Waals surface area (Å²) < 4.78 is 22.3. The van der Waals surface area contributed by atoms with Gasteiger partial charge >= 0.3 is 0 Å². The molecular formula is C13H25IN4O2S2. The number of sulfone groups is 1. The molecule has 1 aromatic rings. The van der Waals surface area contributed by atoms with Crippen molar-refractivity contribution in [2.24, 2.45) is 4.99 Å². The predicted octanol–water partition coefficient (Wildman–Crippen LogP) is 1.87. The second-order valence-electron chi connectivity index (χ2n) is 5.13. The molecule has 0 aliphatic carbocycles. The van der Waals surface area contributed by atoms with E-state index < -0.39 is 9.84 Å². The van der Waals surface area contributed by atoms with Gasteiger partial charge < -0.3 is 10.6 Å². The molecule has 0 fully saturated rings. The molecule has 1 heterocycles. The molecule has 0 aliphatic rings. The first kappa shape index (κ1) is 21.6. The van der Waals surface area contributed by atoms with Crippen LogP contribution in [-0.4, -0.2) is 44.5 Å². The van der Waals surface area contributed by atoms with E-state index in [1.165, 1.54) is 11.1 Å². The number of nitrogens with one attached hydrogen (secondary N) is 2. The largest absolute Gasteiger partial charge is 0.354 e.